The van der Waals surface area contributed by atoms with Crippen molar-refractivity contribution in [2.45, 2.75) is 13.3 Å². The Bertz CT molecular complexity index is 972. The molecule has 142 valence electrons. The van der Waals surface area contributed by atoms with Gasteiger partial charge < -0.3 is 16.0 Å². The van der Waals surface area contributed by atoms with Crippen molar-refractivity contribution in [3.63, 3.8) is 0 Å². The Morgan fingerprint density at radius 2 is 1.68 bits per heavy atom. The number of nitrogens with one attached hydrogen (secondary N) is 3. The zero-order valence-corrected chi connectivity index (χ0v) is 16.0. The van der Waals surface area contributed by atoms with Crippen LogP contribution in [0.4, 0.5) is 22.9 Å². The third kappa shape index (κ3) is 5.82. The lowest BCUT2D eigenvalue weighted by atomic mass is 10.1. The molecule has 0 atom stereocenters. The molecule has 0 aliphatic carbocycles. The van der Waals surface area contributed by atoms with E-state index in [1.54, 1.807) is 24.4 Å². The fraction of sp³-hybridized carbons (Fsp3) is 0.0952. The lowest BCUT2D eigenvalue weighted by molar-refractivity contribution is -0.116. The van der Waals surface area contributed by atoms with Crippen molar-refractivity contribution in [2.24, 2.45) is 0 Å². The number of amides is 2. The highest BCUT2D eigenvalue weighted by Crippen LogP contribution is 2.20. The zero-order chi connectivity index (χ0) is 19.9. The number of rotatable bonds is 6. The van der Waals surface area contributed by atoms with E-state index in [4.69, 9.17) is 11.6 Å². The molecule has 0 spiro atoms. The molecule has 0 unspecified atom stereocenters. The predicted molar refractivity (Wildman–Crippen MR) is 112 cm³/mol. The van der Waals surface area contributed by atoms with E-state index in [-0.39, 0.29) is 18.2 Å². The van der Waals surface area contributed by atoms with Crippen molar-refractivity contribution in [3.05, 3.63) is 77.4 Å². The second kappa shape index (κ2) is 9.01. The number of anilines is 4. The molecule has 0 bridgehead atoms. The maximum Gasteiger partial charge on any atom is 0.229 e. The van der Waals surface area contributed by atoms with Crippen LogP contribution in [0.15, 0.2) is 66.9 Å². The van der Waals surface area contributed by atoms with Crippen molar-refractivity contribution in [2.75, 3.05) is 16.0 Å². The average molecular weight is 395 g/mol. The fourth-order valence-electron chi connectivity index (χ4n) is 2.56. The zero-order valence-electron chi connectivity index (χ0n) is 15.2. The first-order chi connectivity index (χ1) is 13.5. The SMILES string of the molecule is CC(=O)Nc1cccc(Nc2ccc(NC(=O)Cc3ccc(Cl)cc3)nc2)c1. The van der Waals surface area contributed by atoms with Crippen LogP contribution in [-0.4, -0.2) is 16.8 Å². The Morgan fingerprint density at radius 1 is 0.929 bits per heavy atom. The maximum atomic E-state index is 12.1. The molecule has 0 radical (unpaired) electrons. The first-order valence-corrected chi connectivity index (χ1v) is 9.01. The largest absolute Gasteiger partial charge is 0.354 e. The van der Waals surface area contributed by atoms with Gasteiger partial charge in [-0.1, -0.05) is 29.8 Å². The summed E-state index contributed by atoms with van der Waals surface area (Å²) in [4.78, 5) is 27.5. The lowest BCUT2D eigenvalue weighted by Gasteiger charge is -2.10. The van der Waals surface area contributed by atoms with Crippen LogP contribution in [0.25, 0.3) is 0 Å². The molecular weight excluding hydrogens is 376 g/mol. The molecule has 2 amide bonds. The minimum atomic E-state index is -0.154. The third-order valence-corrected chi connectivity index (χ3v) is 4.03. The van der Waals surface area contributed by atoms with E-state index in [1.165, 1.54) is 6.92 Å². The minimum Gasteiger partial charge on any atom is -0.354 e. The van der Waals surface area contributed by atoms with Crippen LogP contribution in [0, 0.1) is 0 Å². The van der Waals surface area contributed by atoms with Crippen LogP contribution in [0.1, 0.15) is 12.5 Å². The molecule has 0 aliphatic heterocycles. The van der Waals surface area contributed by atoms with Gasteiger partial charge in [-0.2, -0.15) is 0 Å². The lowest BCUT2D eigenvalue weighted by Crippen LogP contribution is -2.15. The van der Waals surface area contributed by atoms with Crippen LogP contribution in [0.3, 0.4) is 0 Å². The normalized spacial score (nSPS) is 10.2. The molecule has 0 saturated carbocycles. The first-order valence-electron chi connectivity index (χ1n) is 8.63. The topological polar surface area (TPSA) is 83.1 Å². The second-order valence-electron chi connectivity index (χ2n) is 6.17. The van der Waals surface area contributed by atoms with Gasteiger partial charge in [0.2, 0.25) is 11.8 Å². The third-order valence-electron chi connectivity index (χ3n) is 3.78. The summed E-state index contributed by atoms with van der Waals surface area (Å²) in [5.74, 6) is 0.188. The van der Waals surface area contributed by atoms with Crippen LogP contribution in [0.5, 0.6) is 0 Å². The van der Waals surface area contributed by atoms with Gasteiger partial charge in [-0.25, -0.2) is 4.98 Å². The fourth-order valence-corrected chi connectivity index (χ4v) is 2.69. The summed E-state index contributed by atoms with van der Waals surface area (Å²) in [6.45, 7) is 1.46. The van der Waals surface area contributed by atoms with E-state index >= 15 is 0 Å². The van der Waals surface area contributed by atoms with Gasteiger partial charge in [-0.3, -0.25) is 9.59 Å². The summed E-state index contributed by atoms with van der Waals surface area (Å²) in [6, 6.07) is 18.0. The van der Waals surface area contributed by atoms with Crippen molar-refractivity contribution in [1.82, 2.24) is 4.98 Å². The summed E-state index contributed by atoms with van der Waals surface area (Å²) >= 11 is 5.85. The molecule has 0 saturated heterocycles. The predicted octanol–water partition coefficient (Wildman–Crippen LogP) is 4.62. The Balaban J connectivity index is 1.58. The molecular formula is C21H19ClN4O2. The van der Waals surface area contributed by atoms with E-state index in [0.717, 1.165) is 16.9 Å². The molecule has 7 heteroatoms. The van der Waals surface area contributed by atoms with Gasteiger partial charge in [-0.05, 0) is 48.0 Å². The van der Waals surface area contributed by atoms with Crippen molar-refractivity contribution in [1.29, 1.82) is 0 Å². The first kappa shape index (κ1) is 19.4. The average Bonchev–Trinajstić information content (AvgIpc) is 2.65. The summed E-state index contributed by atoms with van der Waals surface area (Å²) in [6.07, 6.45) is 1.87. The Hall–Kier alpha value is -3.38. The standard InChI is InChI=1S/C21H19ClN4O2/c1-14(27)24-17-3-2-4-18(12-17)25-19-9-10-20(23-13-19)26-21(28)11-15-5-7-16(22)8-6-15/h2-10,12-13,25H,11H2,1H3,(H,24,27)(H,23,26,28). The molecule has 3 N–H and O–H groups in total. The smallest absolute Gasteiger partial charge is 0.229 e. The van der Waals surface area contributed by atoms with Gasteiger partial charge in [-0.15, -0.1) is 0 Å². The van der Waals surface area contributed by atoms with Gasteiger partial charge in [0, 0.05) is 23.3 Å². The molecule has 2 aromatic carbocycles. The Labute approximate surface area is 168 Å². The number of nitrogens with zero attached hydrogens (tertiary/aromatic N) is 1. The minimum absolute atomic E-state index is 0.127. The van der Waals surface area contributed by atoms with Crippen LogP contribution in [-0.2, 0) is 16.0 Å². The highest BCUT2D eigenvalue weighted by Gasteiger charge is 2.06. The number of carbonyl (C=O) groups is 2. The number of aromatic nitrogens is 1. The number of carbonyl (C=O) groups excluding carboxylic acids is 2. The molecule has 1 heterocycles. The highest BCUT2D eigenvalue weighted by atomic mass is 35.5. The van der Waals surface area contributed by atoms with Crippen LogP contribution in [0.2, 0.25) is 5.02 Å². The highest BCUT2D eigenvalue weighted by molar-refractivity contribution is 6.30. The molecule has 0 aliphatic rings. The Kier molecular flexibility index (Phi) is 6.24. The molecule has 3 rings (SSSR count). The van der Waals surface area contributed by atoms with E-state index in [2.05, 4.69) is 20.9 Å². The quantitative estimate of drug-likeness (QED) is 0.569. The molecule has 1 aromatic heterocycles. The summed E-state index contributed by atoms with van der Waals surface area (Å²) < 4.78 is 0. The summed E-state index contributed by atoms with van der Waals surface area (Å²) in [5, 5.41) is 9.34. The van der Waals surface area contributed by atoms with Crippen LogP contribution < -0.4 is 16.0 Å². The number of hydrogen-bond acceptors (Lipinski definition) is 4. The second-order valence-corrected chi connectivity index (χ2v) is 6.61. The van der Waals surface area contributed by atoms with E-state index in [1.807, 2.05) is 42.5 Å². The number of halogens is 1. The van der Waals surface area contributed by atoms with Crippen LogP contribution >= 0.6 is 11.6 Å². The number of benzene rings is 2. The van der Waals surface area contributed by atoms with Gasteiger partial charge in [0.15, 0.2) is 0 Å². The summed E-state index contributed by atoms with van der Waals surface area (Å²) in [5.41, 5.74) is 3.15. The van der Waals surface area contributed by atoms with Gasteiger partial charge >= 0.3 is 0 Å². The monoisotopic (exact) mass is 394 g/mol. The summed E-state index contributed by atoms with van der Waals surface area (Å²) in [7, 11) is 0. The van der Waals surface area contributed by atoms with Crippen molar-refractivity contribution < 1.29 is 9.59 Å². The van der Waals surface area contributed by atoms with Gasteiger partial charge in [0.05, 0.1) is 18.3 Å². The molecule has 3 aromatic rings. The molecule has 0 fully saturated rings. The molecule has 28 heavy (non-hydrogen) atoms. The van der Waals surface area contributed by atoms with E-state index < -0.39 is 0 Å². The van der Waals surface area contributed by atoms with E-state index in [0.29, 0.717) is 16.5 Å². The van der Waals surface area contributed by atoms with E-state index in [9.17, 15) is 9.59 Å². The van der Waals surface area contributed by atoms with Crippen molar-refractivity contribution >= 4 is 46.3 Å². The van der Waals surface area contributed by atoms with Gasteiger partial charge in [0.25, 0.3) is 0 Å². The maximum absolute atomic E-state index is 12.1. The molecule has 6 nitrogen and oxygen atoms in total. The van der Waals surface area contributed by atoms with Crippen molar-refractivity contribution in [3.8, 4) is 0 Å². The Morgan fingerprint density at radius 3 is 2.36 bits per heavy atom. The number of pyridine rings is 1. The van der Waals surface area contributed by atoms with Gasteiger partial charge in [0.1, 0.15) is 5.82 Å². The number of hydrogen-bond donors (Lipinski definition) is 3.